The molecule has 0 saturated carbocycles. The summed E-state index contributed by atoms with van der Waals surface area (Å²) in [5, 5.41) is 2.88. The molecule has 1 fully saturated rings. The molecule has 0 atom stereocenters. The lowest BCUT2D eigenvalue weighted by Crippen LogP contribution is -2.43. The molecule has 2 amide bonds. The van der Waals surface area contributed by atoms with E-state index >= 15 is 0 Å². The van der Waals surface area contributed by atoms with Gasteiger partial charge in [-0.05, 0) is 56.0 Å². The number of aryl methyl sites for hydroxylation is 2. The van der Waals surface area contributed by atoms with E-state index < -0.39 is 0 Å². The Morgan fingerprint density at radius 2 is 1.84 bits per heavy atom. The van der Waals surface area contributed by atoms with E-state index in [9.17, 15) is 14.0 Å². The van der Waals surface area contributed by atoms with E-state index in [4.69, 9.17) is 4.42 Å². The van der Waals surface area contributed by atoms with Gasteiger partial charge in [0.2, 0.25) is 17.6 Å². The van der Waals surface area contributed by atoms with Gasteiger partial charge in [0.05, 0.1) is 5.69 Å². The number of rotatable bonds is 5. The van der Waals surface area contributed by atoms with Crippen LogP contribution in [0.4, 0.5) is 4.39 Å². The Kier molecular flexibility index (Phi) is 6.35. The van der Waals surface area contributed by atoms with Crippen molar-refractivity contribution in [2.45, 2.75) is 33.2 Å². The predicted octanol–water partition coefficient (Wildman–Crippen LogP) is 4.27. The van der Waals surface area contributed by atoms with E-state index in [0.29, 0.717) is 43.1 Å². The van der Waals surface area contributed by atoms with Gasteiger partial charge in [-0.15, -0.1) is 0 Å². The van der Waals surface area contributed by atoms with Crippen LogP contribution in [0, 0.1) is 25.6 Å². The summed E-state index contributed by atoms with van der Waals surface area (Å²) in [5.74, 6) is -0.0559. The smallest absolute Gasteiger partial charge is 0.291 e. The second kappa shape index (κ2) is 9.34. The van der Waals surface area contributed by atoms with Gasteiger partial charge in [-0.25, -0.2) is 9.37 Å². The zero-order chi connectivity index (χ0) is 22.7. The van der Waals surface area contributed by atoms with Gasteiger partial charge < -0.3 is 14.6 Å². The van der Waals surface area contributed by atoms with Crippen LogP contribution in [0.15, 0.2) is 52.9 Å². The highest BCUT2D eigenvalue weighted by molar-refractivity contribution is 5.93. The average molecular weight is 435 g/mol. The SMILES string of the molecule is Cc1ccc(CNC(=O)C2CCN(C(=O)c3oc(-c4ccccc4)nc3C)CC2)cc1F. The highest BCUT2D eigenvalue weighted by Crippen LogP contribution is 2.25. The van der Waals surface area contributed by atoms with Gasteiger partial charge in [-0.3, -0.25) is 9.59 Å². The number of oxazole rings is 1. The number of benzene rings is 2. The highest BCUT2D eigenvalue weighted by atomic mass is 19.1. The zero-order valence-corrected chi connectivity index (χ0v) is 18.2. The Morgan fingerprint density at radius 1 is 1.12 bits per heavy atom. The Bertz CT molecular complexity index is 1120. The Labute approximate surface area is 186 Å². The van der Waals surface area contributed by atoms with Gasteiger partial charge in [0, 0.05) is 31.1 Å². The van der Waals surface area contributed by atoms with Crippen molar-refractivity contribution in [1.29, 1.82) is 0 Å². The summed E-state index contributed by atoms with van der Waals surface area (Å²) in [6.45, 7) is 4.69. The molecule has 6 nitrogen and oxygen atoms in total. The number of likely N-dealkylation sites (tertiary alicyclic amines) is 1. The van der Waals surface area contributed by atoms with E-state index in [-0.39, 0.29) is 35.9 Å². The second-order valence-corrected chi connectivity index (χ2v) is 8.17. The third kappa shape index (κ3) is 4.72. The summed E-state index contributed by atoms with van der Waals surface area (Å²) in [5.41, 5.74) is 2.68. The van der Waals surface area contributed by atoms with Crippen LogP contribution in [0.1, 0.15) is 40.2 Å². The Morgan fingerprint density at radius 3 is 2.53 bits per heavy atom. The maximum Gasteiger partial charge on any atom is 0.291 e. The van der Waals surface area contributed by atoms with Crippen molar-refractivity contribution in [2.24, 2.45) is 5.92 Å². The summed E-state index contributed by atoms with van der Waals surface area (Å²) >= 11 is 0. The molecule has 1 N–H and O–H groups in total. The molecule has 0 spiro atoms. The molecule has 0 unspecified atom stereocenters. The van der Waals surface area contributed by atoms with Crippen molar-refractivity contribution in [3.8, 4) is 11.5 Å². The molecule has 1 saturated heterocycles. The van der Waals surface area contributed by atoms with Crippen LogP contribution in [-0.2, 0) is 11.3 Å². The summed E-state index contributed by atoms with van der Waals surface area (Å²) in [4.78, 5) is 31.6. The normalized spacial score (nSPS) is 14.4. The van der Waals surface area contributed by atoms with Crippen molar-refractivity contribution >= 4 is 11.8 Å². The lowest BCUT2D eigenvalue weighted by molar-refractivity contribution is -0.126. The first-order valence-electron chi connectivity index (χ1n) is 10.8. The van der Waals surface area contributed by atoms with Crippen molar-refractivity contribution in [3.05, 3.63) is 76.9 Å². The van der Waals surface area contributed by atoms with Crippen molar-refractivity contribution in [1.82, 2.24) is 15.2 Å². The quantitative estimate of drug-likeness (QED) is 0.650. The number of nitrogens with one attached hydrogen (secondary N) is 1. The van der Waals surface area contributed by atoms with E-state index in [1.165, 1.54) is 6.07 Å². The fourth-order valence-electron chi connectivity index (χ4n) is 3.87. The molecule has 0 aliphatic carbocycles. The molecule has 1 aliphatic rings. The van der Waals surface area contributed by atoms with Crippen LogP contribution < -0.4 is 5.32 Å². The molecule has 0 bridgehead atoms. The largest absolute Gasteiger partial charge is 0.431 e. The van der Waals surface area contributed by atoms with Crippen LogP contribution in [0.25, 0.3) is 11.5 Å². The molecule has 0 radical (unpaired) electrons. The Hall–Kier alpha value is -3.48. The molecule has 2 aromatic carbocycles. The molecular formula is C25H26FN3O3. The van der Waals surface area contributed by atoms with Gasteiger partial charge >= 0.3 is 0 Å². The minimum Gasteiger partial charge on any atom is -0.431 e. The van der Waals surface area contributed by atoms with Crippen LogP contribution >= 0.6 is 0 Å². The van der Waals surface area contributed by atoms with E-state index in [0.717, 1.165) is 11.1 Å². The molecule has 1 aliphatic heterocycles. The van der Waals surface area contributed by atoms with Crippen molar-refractivity contribution in [3.63, 3.8) is 0 Å². The number of amides is 2. The van der Waals surface area contributed by atoms with Crippen LogP contribution in [0.5, 0.6) is 0 Å². The minimum absolute atomic E-state index is 0.0692. The van der Waals surface area contributed by atoms with Crippen LogP contribution in [-0.4, -0.2) is 34.8 Å². The van der Waals surface area contributed by atoms with Crippen LogP contribution in [0.2, 0.25) is 0 Å². The first-order chi connectivity index (χ1) is 15.4. The molecule has 1 aromatic heterocycles. The molecule has 7 heteroatoms. The molecular weight excluding hydrogens is 409 g/mol. The lowest BCUT2D eigenvalue weighted by Gasteiger charge is -2.30. The maximum absolute atomic E-state index is 13.7. The van der Waals surface area contributed by atoms with Gasteiger partial charge in [-0.2, -0.15) is 0 Å². The fraction of sp³-hybridized carbons (Fsp3) is 0.320. The number of carbonyl (C=O) groups is 2. The third-order valence-electron chi connectivity index (χ3n) is 5.87. The second-order valence-electron chi connectivity index (χ2n) is 8.17. The minimum atomic E-state index is -0.276. The van der Waals surface area contributed by atoms with Gasteiger partial charge in [0.25, 0.3) is 5.91 Å². The van der Waals surface area contributed by atoms with E-state index in [1.54, 1.807) is 24.8 Å². The predicted molar refractivity (Wildman–Crippen MR) is 118 cm³/mol. The van der Waals surface area contributed by atoms with Gasteiger partial charge in [-0.1, -0.05) is 30.3 Å². The number of hydrogen-bond acceptors (Lipinski definition) is 4. The van der Waals surface area contributed by atoms with Gasteiger partial charge in [0.1, 0.15) is 5.82 Å². The van der Waals surface area contributed by atoms with Crippen molar-refractivity contribution < 1.29 is 18.4 Å². The molecule has 2 heterocycles. The maximum atomic E-state index is 13.7. The zero-order valence-electron chi connectivity index (χ0n) is 18.2. The Balaban J connectivity index is 1.32. The van der Waals surface area contributed by atoms with Crippen LogP contribution in [0.3, 0.4) is 0 Å². The monoisotopic (exact) mass is 435 g/mol. The molecule has 32 heavy (non-hydrogen) atoms. The number of halogens is 1. The summed E-state index contributed by atoms with van der Waals surface area (Å²) in [7, 11) is 0. The number of nitrogens with zero attached hydrogens (tertiary/aromatic N) is 2. The lowest BCUT2D eigenvalue weighted by atomic mass is 9.95. The molecule has 3 aromatic rings. The van der Waals surface area contributed by atoms with Crippen molar-refractivity contribution in [2.75, 3.05) is 13.1 Å². The first-order valence-corrected chi connectivity index (χ1v) is 10.8. The number of aromatic nitrogens is 1. The number of piperidine rings is 1. The van der Waals surface area contributed by atoms with Gasteiger partial charge in [0.15, 0.2) is 0 Å². The summed E-state index contributed by atoms with van der Waals surface area (Å²) in [6.07, 6.45) is 1.14. The van der Waals surface area contributed by atoms with E-state index in [1.807, 2.05) is 36.4 Å². The molecule has 166 valence electrons. The summed E-state index contributed by atoms with van der Waals surface area (Å²) < 4.78 is 19.5. The summed E-state index contributed by atoms with van der Waals surface area (Å²) in [6, 6.07) is 14.4. The first kappa shape index (κ1) is 21.7. The fourth-order valence-corrected chi connectivity index (χ4v) is 3.87. The van der Waals surface area contributed by atoms with E-state index in [2.05, 4.69) is 10.3 Å². The average Bonchev–Trinajstić information content (AvgIpc) is 3.21. The standard InChI is InChI=1S/C25H26FN3O3/c1-16-8-9-18(14-21(16)26)15-27-23(30)19-10-12-29(13-11-19)25(31)22-17(2)28-24(32-22)20-6-4-3-5-7-20/h3-9,14,19H,10-13,15H2,1-2H3,(H,27,30). The number of carbonyl (C=O) groups excluding carboxylic acids is 2. The highest BCUT2D eigenvalue weighted by Gasteiger charge is 2.30. The third-order valence-corrected chi connectivity index (χ3v) is 5.87. The molecule has 4 rings (SSSR count). The number of hydrogen-bond donors (Lipinski definition) is 1. The topological polar surface area (TPSA) is 75.4 Å².